The molecule has 5 nitrogen and oxygen atoms in total. The minimum Gasteiger partial charge on any atom is -0.495 e. The lowest BCUT2D eigenvalue weighted by Crippen LogP contribution is -2.05. The van der Waals surface area contributed by atoms with Crippen LogP contribution in [0.1, 0.15) is 17.5 Å². The van der Waals surface area contributed by atoms with E-state index in [0.717, 1.165) is 12.0 Å². The summed E-state index contributed by atoms with van der Waals surface area (Å²) in [5.41, 5.74) is 1.49. The van der Waals surface area contributed by atoms with Gasteiger partial charge in [-0.15, -0.1) is 0 Å². The van der Waals surface area contributed by atoms with E-state index in [1.54, 1.807) is 26.4 Å². The van der Waals surface area contributed by atoms with Crippen LogP contribution in [0.5, 0.6) is 5.75 Å². The van der Waals surface area contributed by atoms with E-state index in [1.165, 1.54) is 0 Å². The van der Waals surface area contributed by atoms with Crippen LogP contribution in [0, 0.1) is 11.3 Å². The molecular formula is C15H21NO4. The number of hydrogen-bond acceptors (Lipinski definition) is 5. The van der Waals surface area contributed by atoms with Gasteiger partial charge in [0.05, 0.1) is 32.5 Å². The first kappa shape index (κ1) is 16.4. The average Bonchev–Trinajstić information content (AvgIpc) is 2.49. The average molecular weight is 279 g/mol. The van der Waals surface area contributed by atoms with Gasteiger partial charge in [-0.05, 0) is 24.1 Å². The monoisotopic (exact) mass is 279 g/mol. The molecule has 0 aliphatic carbocycles. The van der Waals surface area contributed by atoms with Crippen LogP contribution in [-0.4, -0.2) is 40.6 Å². The molecule has 0 N–H and O–H groups in total. The standard InChI is InChI=1S/C15H21NO4/c1-17-8-9-19-6-3-7-20-12-13-4-5-15(18-2)14(10-13)11-16/h4-5,10H,3,6-9,12H2,1-2H3. The normalized spacial score (nSPS) is 10.2. The number of methoxy groups -OCH3 is 2. The minimum absolute atomic E-state index is 0.483. The van der Waals surface area contributed by atoms with Gasteiger partial charge in [0.25, 0.3) is 0 Å². The summed E-state index contributed by atoms with van der Waals surface area (Å²) in [5.74, 6) is 0.586. The van der Waals surface area contributed by atoms with Crippen LogP contribution >= 0.6 is 0 Å². The molecule has 20 heavy (non-hydrogen) atoms. The number of benzene rings is 1. The zero-order valence-corrected chi connectivity index (χ0v) is 12.1. The molecule has 0 bridgehead atoms. The molecule has 1 aromatic carbocycles. The molecule has 0 aliphatic rings. The van der Waals surface area contributed by atoms with E-state index in [-0.39, 0.29) is 0 Å². The third-order valence-corrected chi connectivity index (χ3v) is 2.66. The van der Waals surface area contributed by atoms with Crippen molar-refractivity contribution in [2.75, 3.05) is 40.6 Å². The third-order valence-electron chi connectivity index (χ3n) is 2.66. The summed E-state index contributed by atoms with van der Waals surface area (Å²) in [6.45, 7) is 3.00. The summed E-state index contributed by atoms with van der Waals surface area (Å²) in [7, 11) is 3.20. The maximum atomic E-state index is 8.99. The van der Waals surface area contributed by atoms with Crippen molar-refractivity contribution in [2.24, 2.45) is 0 Å². The second kappa shape index (κ2) is 10.2. The highest BCUT2D eigenvalue weighted by atomic mass is 16.5. The SMILES string of the molecule is COCCOCCCOCc1ccc(OC)c(C#N)c1. The van der Waals surface area contributed by atoms with Gasteiger partial charge in [-0.1, -0.05) is 6.07 Å². The van der Waals surface area contributed by atoms with Crippen molar-refractivity contribution in [1.29, 1.82) is 5.26 Å². The maximum absolute atomic E-state index is 8.99. The molecule has 0 atom stereocenters. The van der Waals surface area contributed by atoms with Crippen molar-refractivity contribution in [3.8, 4) is 11.8 Å². The van der Waals surface area contributed by atoms with Crippen molar-refractivity contribution in [2.45, 2.75) is 13.0 Å². The molecule has 1 rings (SSSR count). The van der Waals surface area contributed by atoms with Gasteiger partial charge in [-0.2, -0.15) is 5.26 Å². The van der Waals surface area contributed by atoms with Crippen LogP contribution in [-0.2, 0) is 20.8 Å². The van der Waals surface area contributed by atoms with E-state index < -0.39 is 0 Å². The summed E-state index contributed by atoms with van der Waals surface area (Å²) in [4.78, 5) is 0. The summed E-state index contributed by atoms with van der Waals surface area (Å²) < 4.78 is 20.8. The van der Waals surface area contributed by atoms with Gasteiger partial charge in [0.1, 0.15) is 11.8 Å². The van der Waals surface area contributed by atoms with E-state index in [0.29, 0.717) is 44.3 Å². The van der Waals surface area contributed by atoms with Crippen molar-refractivity contribution in [1.82, 2.24) is 0 Å². The lowest BCUT2D eigenvalue weighted by atomic mass is 10.1. The van der Waals surface area contributed by atoms with Crippen molar-refractivity contribution in [3.05, 3.63) is 29.3 Å². The molecule has 0 unspecified atom stereocenters. The first-order valence-electron chi connectivity index (χ1n) is 6.53. The molecule has 0 aromatic heterocycles. The van der Waals surface area contributed by atoms with Crippen LogP contribution in [0.3, 0.4) is 0 Å². The van der Waals surface area contributed by atoms with E-state index in [9.17, 15) is 0 Å². The van der Waals surface area contributed by atoms with Gasteiger partial charge >= 0.3 is 0 Å². The Bertz CT molecular complexity index is 428. The highest BCUT2D eigenvalue weighted by Crippen LogP contribution is 2.19. The topological polar surface area (TPSA) is 60.7 Å². The highest BCUT2D eigenvalue weighted by Gasteiger charge is 2.03. The first-order chi connectivity index (χ1) is 9.81. The van der Waals surface area contributed by atoms with E-state index >= 15 is 0 Å². The molecule has 0 spiro atoms. The Kier molecular flexibility index (Phi) is 8.40. The van der Waals surface area contributed by atoms with Crippen LogP contribution < -0.4 is 4.74 Å². The van der Waals surface area contributed by atoms with E-state index in [1.807, 2.05) is 6.07 Å². The van der Waals surface area contributed by atoms with Gasteiger partial charge in [0.15, 0.2) is 0 Å². The molecule has 5 heteroatoms. The molecule has 0 aliphatic heterocycles. The summed E-state index contributed by atoms with van der Waals surface area (Å²) in [6, 6.07) is 7.57. The number of rotatable bonds is 10. The number of hydrogen-bond donors (Lipinski definition) is 0. The third kappa shape index (κ3) is 6.02. The molecule has 0 saturated heterocycles. The summed E-state index contributed by atoms with van der Waals surface area (Å²) in [6.07, 6.45) is 0.838. The Hall–Kier alpha value is -1.61. The van der Waals surface area contributed by atoms with E-state index in [2.05, 4.69) is 6.07 Å². The number of nitriles is 1. The summed E-state index contributed by atoms with van der Waals surface area (Å²) >= 11 is 0. The van der Waals surface area contributed by atoms with Gasteiger partial charge < -0.3 is 18.9 Å². The number of ether oxygens (including phenoxy) is 4. The fourth-order valence-corrected chi connectivity index (χ4v) is 1.63. The Morgan fingerprint density at radius 3 is 2.55 bits per heavy atom. The number of nitrogens with zero attached hydrogens (tertiary/aromatic N) is 1. The van der Waals surface area contributed by atoms with Gasteiger partial charge in [0, 0.05) is 20.3 Å². The van der Waals surface area contributed by atoms with E-state index in [4.69, 9.17) is 24.2 Å². The summed E-state index contributed by atoms with van der Waals surface area (Å²) in [5, 5.41) is 8.99. The molecule has 0 fully saturated rings. The van der Waals surface area contributed by atoms with Crippen LogP contribution in [0.25, 0.3) is 0 Å². The smallest absolute Gasteiger partial charge is 0.136 e. The Morgan fingerprint density at radius 2 is 1.85 bits per heavy atom. The van der Waals surface area contributed by atoms with Crippen molar-refractivity contribution in [3.63, 3.8) is 0 Å². The van der Waals surface area contributed by atoms with Crippen LogP contribution in [0.4, 0.5) is 0 Å². The van der Waals surface area contributed by atoms with Crippen LogP contribution in [0.2, 0.25) is 0 Å². The second-order valence-electron chi connectivity index (χ2n) is 4.16. The zero-order valence-electron chi connectivity index (χ0n) is 12.1. The largest absolute Gasteiger partial charge is 0.495 e. The maximum Gasteiger partial charge on any atom is 0.136 e. The molecule has 110 valence electrons. The molecule has 0 heterocycles. The molecular weight excluding hydrogens is 258 g/mol. The molecule has 0 radical (unpaired) electrons. The zero-order chi connectivity index (χ0) is 14.6. The molecule has 0 saturated carbocycles. The minimum atomic E-state index is 0.483. The van der Waals surface area contributed by atoms with Crippen molar-refractivity contribution >= 4 is 0 Å². The van der Waals surface area contributed by atoms with Gasteiger partial charge in [-0.3, -0.25) is 0 Å². The predicted molar refractivity (Wildman–Crippen MR) is 74.7 cm³/mol. The second-order valence-corrected chi connectivity index (χ2v) is 4.16. The predicted octanol–water partition coefficient (Wildman–Crippen LogP) is 2.14. The van der Waals surface area contributed by atoms with Crippen molar-refractivity contribution < 1.29 is 18.9 Å². The Labute approximate surface area is 120 Å². The lowest BCUT2D eigenvalue weighted by molar-refractivity contribution is 0.0483. The molecule has 0 amide bonds. The van der Waals surface area contributed by atoms with Gasteiger partial charge in [0.2, 0.25) is 0 Å². The fourth-order valence-electron chi connectivity index (χ4n) is 1.63. The first-order valence-corrected chi connectivity index (χ1v) is 6.53. The quantitative estimate of drug-likeness (QED) is 0.614. The Morgan fingerprint density at radius 1 is 1.05 bits per heavy atom. The van der Waals surface area contributed by atoms with Crippen LogP contribution in [0.15, 0.2) is 18.2 Å². The fraction of sp³-hybridized carbons (Fsp3) is 0.533. The highest BCUT2D eigenvalue weighted by molar-refractivity contribution is 5.45. The Balaban J connectivity index is 2.21. The lowest BCUT2D eigenvalue weighted by Gasteiger charge is -2.07. The van der Waals surface area contributed by atoms with Gasteiger partial charge in [-0.25, -0.2) is 0 Å². The molecule has 1 aromatic rings.